The Morgan fingerprint density at radius 3 is 2.84 bits per heavy atom. The maximum Gasteiger partial charge on any atom is 0.132 e. The van der Waals surface area contributed by atoms with Gasteiger partial charge < -0.3 is 14.6 Å². The molecule has 4 nitrogen and oxygen atoms in total. The van der Waals surface area contributed by atoms with Gasteiger partial charge in [-0.15, -0.1) is 0 Å². The van der Waals surface area contributed by atoms with Gasteiger partial charge in [0.15, 0.2) is 0 Å². The third kappa shape index (κ3) is 5.07. The number of benzene rings is 1. The first-order valence-corrected chi connectivity index (χ1v) is 7.67. The van der Waals surface area contributed by atoms with Gasteiger partial charge in [0.05, 0.1) is 16.8 Å². The Kier molecular flexibility index (Phi) is 6.15. The molecule has 0 aromatic heterocycles. The van der Waals surface area contributed by atoms with Crippen molar-refractivity contribution < 1.29 is 14.6 Å². The summed E-state index contributed by atoms with van der Waals surface area (Å²) in [5.41, 5.74) is 0. The Morgan fingerprint density at radius 1 is 1.42 bits per heavy atom. The number of aliphatic hydroxyl groups excluding tert-OH is 1. The molecule has 0 aliphatic carbocycles. The van der Waals surface area contributed by atoms with Gasteiger partial charge in [-0.1, -0.05) is 11.6 Å². The maximum absolute atomic E-state index is 9.97. The highest BCUT2D eigenvalue weighted by Crippen LogP contribution is 2.24. The lowest BCUT2D eigenvalue weighted by atomic mass is 10.3. The molecule has 0 saturated carbocycles. The van der Waals surface area contributed by atoms with Crippen molar-refractivity contribution in [2.45, 2.75) is 6.10 Å². The number of hydrogen-bond acceptors (Lipinski definition) is 4. The maximum atomic E-state index is 9.97. The van der Waals surface area contributed by atoms with E-state index in [2.05, 4.69) is 27.5 Å². The Bertz CT molecular complexity index is 413. The van der Waals surface area contributed by atoms with Gasteiger partial charge in [-0.25, -0.2) is 0 Å². The lowest BCUT2D eigenvalue weighted by Gasteiger charge is -2.28. The summed E-state index contributed by atoms with van der Waals surface area (Å²) in [7, 11) is 0. The molecule has 1 aliphatic heterocycles. The number of morpholine rings is 1. The van der Waals surface area contributed by atoms with E-state index in [0.29, 0.717) is 11.6 Å². The molecule has 1 unspecified atom stereocenters. The first-order chi connectivity index (χ1) is 9.15. The van der Waals surface area contributed by atoms with Crippen LogP contribution in [0, 0.1) is 3.57 Å². The summed E-state index contributed by atoms with van der Waals surface area (Å²) < 4.78 is 11.8. The second-order valence-electron chi connectivity index (χ2n) is 4.45. The minimum absolute atomic E-state index is 0.287. The molecule has 19 heavy (non-hydrogen) atoms. The zero-order valence-electron chi connectivity index (χ0n) is 10.5. The van der Waals surface area contributed by atoms with Crippen molar-refractivity contribution in [1.82, 2.24) is 4.90 Å². The predicted octanol–water partition coefficient (Wildman–Crippen LogP) is 2.02. The monoisotopic (exact) mass is 397 g/mol. The molecule has 2 rings (SSSR count). The van der Waals surface area contributed by atoms with E-state index in [1.807, 2.05) is 12.1 Å². The highest BCUT2D eigenvalue weighted by atomic mass is 127. The number of halogens is 2. The fraction of sp³-hybridized carbons (Fsp3) is 0.538. The van der Waals surface area contributed by atoms with Crippen LogP contribution in [-0.2, 0) is 4.74 Å². The van der Waals surface area contributed by atoms with Gasteiger partial charge in [-0.3, -0.25) is 4.90 Å². The molecule has 1 aromatic carbocycles. The molecular weight excluding hydrogens is 381 g/mol. The summed E-state index contributed by atoms with van der Waals surface area (Å²) >= 11 is 8.05. The van der Waals surface area contributed by atoms with Gasteiger partial charge in [0, 0.05) is 24.7 Å². The van der Waals surface area contributed by atoms with Gasteiger partial charge in [-0.2, -0.15) is 0 Å². The standard InChI is InChI=1S/C13H17ClINO3/c14-10-1-2-13(12(15)7-10)19-9-11(17)8-16-3-5-18-6-4-16/h1-2,7,11,17H,3-6,8-9H2. The van der Waals surface area contributed by atoms with Gasteiger partial charge in [0.1, 0.15) is 18.5 Å². The third-order valence-corrected chi connectivity index (χ3v) is 3.98. The van der Waals surface area contributed by atoms with E-state index in [1.54, 1.807) is 6.07 Å². The molecule has 1 saturated heterocycles. The number of nitrogens with zero attached hydrogens (tertiary/aromatic N) is 1. The van der Waals surface area contributed by atoms with Crippen molar-refractivity contribution in [2.75, 3.05) is 39.5 Å². The van der Waals surface area contributed by atoms with Crippen LogP contribution >= 0.6 is 34.2 Å². The minimum Gasteiger partial charge on any atom is -0.490 e. The number of rotatable bonds is 5. The molecule has 1 fully saturated rings. The highest BCUT2D eigenvalue weighted by Gasteiger charge is 2.15. The lowest BCUT2D eigenvalue weighted by Crippen LogP contribution is -2.42. The Hall–Kier alpha value is -0.0800. The zero-order valence-corrected chi connectivity index (χ0v) is 13.4. The van der Waals surface area contributed by atoms with Gasteiger partial charge in [0.2, 0.25) is 0 Å². The molecule has 1 N–H and O–H groups in total. The normalized spacial score (nSPS) is 18.3. The van der Waals surface area contributed by atoms with Crippen LogP contribution in [0.3, 0.4) is 0 Å². The van der Waals surface area contributed by atoms with E-state index in [0.717, 1.165) is 35.6 Å². The molecule has 0 radical (unpaired) electrons. The number of β-amino-alcohol motifs (C(OH)–C–C–N with tert-alkyl or cyclic N) is 1. The summed E-state index contributed by atoms with van der Waals surface area (Å²) in [5, 5.41) is 10.7. The molecule has 0 amide bonds. The van der Waals surface area contributed by atoms with Crippen LogP contribution in [0.15, 0.2) is 18.2 Å². The van der Waals surface area contributed by atoms with Crippen LogP contribution in [0.5, 0.6) is 5.75 Å². The molecule has 0 bridgehead atoms. The Balaban J connectivity index is 1.77. The Labute approximate surface area is 131 Å². The fourth-order valence-electron chi connectivity index (χ4n) is 1.91. The van der Waals surface area contributed by atoms with Crippen LogP contribution in [0.1, 0.15) is 0 Å². The van der Waals surface area contributed by atoms with Crippen LogP contribution in [0.25, 0.3) is 0 Å². The molecule has 1 atom stereocenters. The van der Waals surface area contributed by atoms with Gasteiger partial charge in [0.25, 0.3) is 0 Å². The first-order valence-electron chi connectivity index (χ1n) is 6.21. The summed E-state index contributed by atoms with van der Waals surface area (Å²) in [6.45, 7) is 4.12. The predicted molar refractivity (Wildman–Crippen MR) is 82.9 cm³/mol. The van der Waals surface area contributed by atoms with Crippen molar-refractivity contribution in [2.24, 2.45) is 0 Å². The lowest BCUT2D eigenvalue weighted by molar-refractivity contribution is 0.00458. The Morgan fingerprint density at radius 2 is 2.16 bits per heavy atom. The summed E-state index contributed by atoms with van der Waals surface area (Å²) in [6.07, 6.45) is -0.496. The van der Waals surface area contributed by atoms with Crippen molar-refractivity contribution >= 4 is 34.2 Å². The molecule has 6 heteroatoms. The average Bonchev–Trinajstić information content (AvgIpc) is 2.39. The van der Waals surface area contributed by atoms with Crippen LogP contribution in [0.2, 0.25) is 5.02 Å². The van der Waals surface area contributed by atoms with E-state index in [-0.39, 0.29) is 6.61 Å². The van der Waals surface area contributed by atoms with E-state index in [9.17, 15) is 5.11 Å². The van der Waals surface area contributed by atoms with E-state index >= 15 is 0 Å². The summed E-state index contributed by atoms with van der Waals surface area (Å²) in [4.78, 5) is 2.18. The second kappa shape index (κ2) is 7.64. The molecule has 0 spiro atoms. The van der Waals surface area contributed by atoms with Crippen molar-refractivity contribution in [3.8, 4) is 5.75 Å². The second-order valence-corrected chi connectivity index (χ2v) is 6.05. The molecule has 106 valence electrons. The number of aliphatic hydroxyl groups is 1. The number of ether oxygens (including phenoxy) is 2. The van der Waals surface area contributed by atoms with Crippen LogP contribution < -0.4 is 4.74 Å². The van der Waals surface area contributed by atoms with E-state index in [1.165, 1.54) is 0 Å². The number of hydrogen-bond donors (Lipinski definition) is 1. The van der Waals surface area contributed by atoms with Crippen LogP contribution in [-0.4, -0.2) is 55.6 Å². The van der Waals surface area contributed by atoms with Crippen LogP contribution in [0.4, 0.5) is 0 Å². The fourth-order valence-corrected chi connectivity index (χ4v) is 2.94. The smallest absolute Gasteiger partial charge is 0.132 e. The molecular formula is C13H17ClINO3. The largest absolute Gasteiger partial charge is 0.490 e. The highest BCUT2D eigenvalue weighted by molar-refractivity contribution is 14.1. The third-order valence-electron chi connectivity index (χ3n) is 2.90. The SMILES string of the molecule is OC(COc1ccc(Cl)cc1I)CN1CCOCC1. The van der Waals surface area contributed by atoms with Crippen molar-refractivity contribution in [3.05, 3.63) is 26.8 Å². The first kappa shape index (κ1) is 15.3. The van der Waals surface area contributed by atoms with E-state index in [4.69, 9.17) is 21.1 Å². The molecule has 1 aliphatic rings. The topological polar surface area (TPSA) is 41.9 Å². The van der Waals surface area contributed by atoms with E-state index < -0.39 is 6.10 Å². The zero-order chi connectivity index (χ0) is 13.7. The summed E-state index contributed by atoms with van der Waals surface area (Å²) in [5.74, 6) is 0.756. The van der Waals surface area contributed by atoms with Gasteiger partial charge >= 0.3 is 0 Å². The van der Waals surface area contributed by atoms with Crippen molar-refractivity contribution in [1.29, 1.82) is 0 Å². The minimum atomic E-state index is -0.496. The molecule has 1 aromatic rings. The average molecular weight is 398 g/mol. The molecule has 1 heterocycles. The summed E-state index contributed by atoms with van der Waals surface area (Å²) in [6, 6.07) is 5.45. The quantitative estimate of drug-likeness (QED) is 0.772. The van der Waals surface area contributed by atoms with Crippen molar-refractivity contribution in [3.63, 3.8) is 0 Å². The van der Waals surface area contributed by atoms with Gasteiger partial charge in [-0.05, 0) is 40.8 Å².